The van der Waals surface area contributed by atoms with Gasteiger partial charge in [0.1, 0.15) is 5.25 Å². The molecule has 94 valence electrons. The number of carbonyl (C=O) groups excluding carboxylic acids is 1. The largest absolute Gasteiger partial charge is 0.392 e. The van der Waals surface area contributed by atoms with Crippen LogP contribution in [0.3, 0.4) is 0 Å². The smallest absolute Gasteiger partial charge is 0.249 e. The number of nitrogens with one attached hydrogen (secondary N) is 1. The van der Waals surface area contributed by atoms with Crippen molar-refractivity contribution in [2.24, 2.45) is 5.84 Å². The maximum atomic E-state index is 11.5. The molecule has 0 aliphatic rings. The van der Waals surface area contributed by atoms with Crippen molar-refractivity contribution < 1.29 is 14.6 Å². The summed E-state index contributed by atoms with van der Waals surface area (Å²) >= 11 is 1.37. The zero-order chi connectivity index (χ0) is 12.7. The molecule has 0 bridgehead atoms. The number of hydrazine groups is 1. The van der Waals surface area contributed by atoms with E-state index in [4.69, 9.17) is 15.7 Å². The van der Waals surface area contributed by atoms with E-state index in [1.165, 1.54) is 18.9 Å². The van der Waals surface area contributed by atoms with Crippen LogP contribution in [0.25, 0.3) is 0 Å². The Balaban J connectivity index is 2.68. The van der Waals surface area contributed by atoms with E-state index >= 15 is 0 Å². The Morgan fingerprint density at radius 3 is 2.65 bits per heavy atom. The number of methoxy groups -OCH3 is 1. The van der Waals surface area contributed by atoms with Crippen LogP contribution >= 0.6 is 11.8 Å². The summed E-state index contributed by atoms with van der Waals surface area (Å²) in [6, 6.07) is 7.32. The molecule has 4 N–H and O–H groups in total. The third-order valence-corrected chi connectivity index (χ3v) is 3.32. The first kappa shape index (κ1) is 14.0. The maximum Gasteiger partial charge on any atom is 0.249 e. The lowest BCUT2D eigenvalue weighted by molar-refractivity contribution is -0.121. The fourth-order valence-corrected chi connectivity index (χ4v) is 2.25. The SMILES string of the molecule is COCC(Sc1ccc(CO)cc1)C(=O)NN. The monoisotopic (exact) mass is 256 g/mol. The highest BCUT2D eigenvalue weighted by atomic mass is 32.2. The van der Waals surface area contributed by atoms with Gasteiger partial charge in [0, 0.05) is 12.0 Å². The molecule has 0 aromatic heterocycles. The van der Waals surface area contributed by atoms with Crippen molar-refractivity contribution in [3.05, 3.63) is 29.8 Å². The minimum Gasteiger partial charge on any atom is -0.392 e. The van der Waals surface area contributed by atoms with Gasteiger partial charge >= 0.3 is 0 Å². The highest BCUT2D eigenvalue weighted by Crippen LogP contribution is 2.24. The standard InChI is InChI=1S/C11H16N2O3S/c1-16-7-10(11(15)13-12)17-9-4-2-8(6-14)3-5-9/h2-5,10,14H,6-7,12H2,1H3,(H,13,15). The first-order valence-corrected chi connectivity index (χ1v) is 5.95. The third kappa shape index (κ3) is 4.35. The summed E-state index contributed by atoms with van der Waals surface area (Å²) in [4.78, 5) is 12.4. The van der Waals surface area contributed by atoms with Crippen molar-refractivity contribution in [3.8, 4) is 0 Å². The van der Waals surface area contributed by atoms with E-state index in [9.17, 15) is 4.79 Å². The van der Waals surface area contributed by atoms with E-state index in [-0.39, 0.29) is 24.4 Å². The molecule has 0 aliphatic carbocycles. The first-order chi connectivity index (χ1) is 8.21. The van der Waals surface area contributed by atoms with Crippen molar-refractivity contribution in [2.75, 3.05) is 13.7 Å². The molecule has 0 saturated carbocycles. The predicted octanol–water partition coefficient (Wildman–Crippen LogP) is 0.276. The van der Waals surface area contributed by atoms with Crippen LogP contribution in [-0.4, -0.2) is 30.0 Å². The lowest BCUT2D eigenvalue weighted by Gasteiger charge is -2.13. The van der Waals surface area contributed by atoms with Crippen molar-refractivity contribution in [1.82, 2.24) is 5.43 Å². The topological polar surface area (TPSA) is 84.6 Å². The van der Waals surface area contributed by atoms with Gasteiger partial charge in [0.15, 0.2) is 0 Å². The molecule has 17 heavy (non-hydrogen) atoms. The minimum absolute atomic E-state index is 0.00966. The number of ether oxygens (including phenoxy) is 1. The van der Waals surface area contributed by atoms with Crippen molar-refractivity contribution in [2.45, 2.75) is 16.8 Å². The molecule has 1 aromatic rings. The van der Waals surface area contributed by atoms with Gasteiger partial charge in [0.25, 0.3) is 0 Å². The number of aliphatic hydroxyl groups excluding tert-OH is 1. The average Bonchev–Trinajstić information content (AvgIpc) is 2.38. The fourth-order valence-electron chi connectivity index (χ4n) is 1.25. The van der Waals surface area contributed by atoms with Gasteiger partial charge in [-0.05, 0) is 17.7 Å². The lowest BCUT2D eigenvalue weighted by atomic mass is 10.2. The number of benzene rings is 1. The molecule has 1 atom stereocenters. The molecule has 0 fully saturated rings. The van der Waals surface area contributed by atoms with Gasteiger partial charge in [-0.25, -0.2) is 5.84 Å². The first-order valence-electron chi connectivity index (χ1n) is 5.07. The summed E-state index contributed by atoms with van der Waals surface area (Å²) in [7, 11) is 1.53. The predicted molar refractivity (Wildman–Crippen MR) is 66.2 cm³/mol. The van der Waals surface area contributed by atoms with Crippen LogP contribution in [-0.2, 0) is 16.1 Å². The van der Waals surface area contributed by atoms with Gasteiger partial charge < -0.3 is 9.84 Å². The van der Waals surface area contributed by atoms with Crippen molar-refractivity contribution >= 4 is 17.7 Å². The van der Waals surface area contributed by atoms with Gasteiger partial charge in [0.05, 0.1) is 13.2 Å². The molecule has 1 amide bonds. The van der Waals surface area contributed by atoms with E-state index in [1.807, 2.05) is 24.3 Å². The van der Waals surface area contributed by atoms with E-state index in [1.54, 1.807) is 0 Å². The molecule has 0 heterocycles. The number of rotatable bonds is 6. The number of hydrogen-bond donors (Lipinski definition) is 3. The number of carbonyl (C=O) groups is 1. The van der Waals surface area contributed by atoms with Crippen LogP contribution in [0.5, 0.6) is 0 Å². The quantitative estimate of drug-likeness (QED) is 0.294. The van der Waals surface area contributed by atoms with E-state index in [0.717, 1.165) is 10.5 Å². The molecule has 0 aliphatic heterocycles. The highest BCUT2D eigenvalue weighted by Gasteiger charge is 2.18. The Morgan fingerprint density at radius 2 is 2.18 bits per heavy atom. The fraction of sp³-hybridized carbons (Fsp3) is 0.364. The summed E-state index contributed by atoms with van der Waals surface area (Å²) in [5.74, 6) is 4.83. The van der Waals surface area contributed by atoms with Crippen LogP contribution in [0.15, 0.2) is 29.2 Å². The summed E-state index contributed by atoms with van der Waals surface area (Å²) in [6.07, 6.45) is 0. The molecule has 0 spiro atoms. The highest BCUT2D eigenvalue weighted by molar-refractivity contribution is 8.00. The Kier molecular flexibility index (Phi) is 5.99. The minimum atomic E-state index is -0.384. The van der Waals surface area contributed by atoms with Gasteiger partial charge in [-0.15, -0.1) is 11.8 Å². The van der Waals surface area contributed by atoms with Crippen LogP contribution in [0, 0.1) is 0 Å². The van der Waals surface area contributed by atoms with Gasteiger partial charge in [0.2, 0.25) is 5.91 Å². The molecule has 6 heteroatoms. The number of thioether (sulfide) groups is 1. The van der Waals surface area contributed by atoms with E-state index in [2.05, 4.69) is 5.43 Å². The van der Waals surface area contributed by atoms with E-state index in [0.29, 0.717) is 0 Å². The summed E-state index contributed by atoms with van der Waals surface area (Å²) in [6.45, 7) is 0.297. The lowest BCUT2D eigenvalue weighted by Crippen LogP contribution is -2.39. The van der Waals surface area contributed by atoms with Crippen molar-refractivity contribution in [1.29, 1.82) is 0 Å². The zero-order valence-corrected chi connectivity index (χ0v) is 10.4. The van der Waals surface area contributed by atoms with Crippen LogP contribution in [0.2, 0.25) is 0 Å². The van der Waals surface area contributed by atoms with Crippen LogP contribution in [0.4, 0.5) is 0 Å². The Morgan fingerprint density at radius 1 is 1.53 bits per heavy atom. The Bertz CT molecular complexity index is 356. The molecule has 1 aromatic carbocycles. The number of aliphatic hydroxyl groups is 1. The molecule has 0 radical (unpaired) electrons. The number of amides is 1. The van der Waals surface area contributed by atoms with Crippen LogP contribution in [0.1, 0.15) is 5.56 Å². The average molecular weight is 256 g/mol. The number of hydrogen-bond acceptors (Lipinski definition) is 5. The molecule has 5 nitrogen and oxygen atoms in total. The second kappa shape index (κ2) is 7.29. The summed E-state index contributed by atoms with van der Waals surface area (Å²) < 4.78 is 4.97. The van der Waals surface area contributed by atoms with Gasteiger partial charge in [-0.3, -0.25) is 10.2 Å². The second-order valence-electron chi connectivity index (χ2n) is 3.37. The van der Waals surface area contributed by atoms with Crippen molar-refractivity contribution in [3.63, 3.8) is 0 Å². The van der Waals surface area contributed by atoms with E-state index < -0.39 is 0 Å². The summed E-state index contributed by atoms with van der Waals surface area (Å²) in [5.41, 5.74) is 2.95. The Labute approximate surface area is 104 Å². The third-order valence-electron chi connectivity index (χ3n) is 2.14. The molecule has 1 unspecified atom stereocenters. The normalized spacial score (nSPS) is 12.2. The second-order valence-corrected chi connectivity index (χ2v) is 4.65. The maximum absolute atomic E-state index is 11.5. The zero-order valence-electron chi connectivity index (χ0n) is 9.55. The molecular formula is C11H16N2O3S. The number of nitrogens with two attached hydrogens (primary N) is 1. The molecule has 0 saturated heterocycles. The van der Waals surface area contributed by atoms with Crippen LogP contribution < -0.4 is 11.3 Å². The van der Waals surface area contributed by atoms with Gasteiger partial charge in [-0.1, -0.05) is 12.1 Å². The molecule has 1 rings (SSSR count). The Hall–Kier alpha value is -1.08. The molecular weight excluding hydrogens is 240 g/mol. The summed E-state index contributed by atoms with van der Waals surface area (Å²) in [5, 5.41) is 8.53. The van der Waals surface area contributed by atoms with Gasteiger partial charge in [-0.2, -0.15) is 0 Å².